The van der Waals surface area contributed by atoms with E-state index in [1.165, 1.54) is 18.2 Å². The molecule has 17 nitrogen and oxygen atoms in total. The zero-order valence-electron chi connectivity index (χ0n) is 28.0. The van der Waals surface area contributed by atoms with Crippen LogP contribution in [0.4, 0.5) is 40.9 Å². The average Bonchev–Trinajstić information content (AvgIpc) is 3.07. The molecule has 0 saturated carbocycles. The molecule has 0 unspecified atom stereocenters. The number of nitrogens with zero attached hydrogens (tertiary/aromatic N) is 6. The van der Waals surface area contributed by atoms with Crippen LogP contribution in [0.1, 0.15) is 11.1 Å². The molecule has 53 heavy (non-hydrogen) atoms. The van der Waals surface area contributed by atoms with Crippen molar-refractivity contribution in [3.63, 3.8) is 0 Å². The summed E-state index contributed by atoms with van der Waals surface area (Å²) in [6.07, 6.45) is 2.22. The third-order valence-corrected chi connectivity index (χ3v) is 8.81. The summed E-state index contributed by atoms with van der Waals surface area (Å²) in [5.74, 6) is -0.413. The van der Waals surface area contributed by atoms with Crippen molar-refractivity contribution in [2.24, 2.45) is 0 Å². The van der Waals surface area contributed by atoms with Crippen LogP contribution in [-0.4, -0.2) is 55.8 Å². The van der Waals surface area contributed by atoms with Crippen LogP contribution in [0.15, 0.2) is 101 Å². The van der Waals surface area contributed by atoms with Crippen molar-refractivity contribution in [3.05, 3.63) is 102 Å². The SMILES string of the molecule is Nc1nc(Nc2ccccc2)nc(-c2ccc(C=Cc3c(N)cc(-c4nc(N)nc(Nc5ccccc5)n4)cc3S(=O)(=O)[O-])c(S(=O)(=O)[O-])c2)n1.[Na+].[Na+]. The van der Waals surface area contributed by atoms with Gasteiger partial charge in [0.05, 0.1) is 9.79 Å². The molecule has 0 radical (unpaired) electrons. The van der Waals surface area contributed by atoms with Gasteiger partial charge in [-0.05, 0) is 48.0 Å². The van der Waals surface area contributed by atoms with Crippen LogP contribution in [-0.2, 0) is 20.2 Å². The molecule has 0 aliphatic rings. The van der Waals surface area contributed by atoms with Gasteiger partial charge in [0, 0.05) is 33.8 Å². The topological polar surface area (TPSA) is 294 Å². The number of hydrogen-bond acceptors (Lipinski definition) is 17. The monoisotopic (exact) mass is 769 g/mol. The fourth-order valence-corrected chi connectivity index (χ4v) is 6.24. The summed E-state index contributed by atoms with van der Waals surface area (Å²) in [6, 6.07) is 23.8. The molecule has 0 aliphatic heterocycles. The molecule has 0 saturated heterocycles. The van der Waals surface area contributed by atoms with Crippen LogP contribution in [0.5, 0.6) is 0 Å². The molecule has 0 aliphatic carbocycles. The summed E-state index contributed by atoms with van der Waals surface area (Å²) < 4.78 is 74.6. The number of nitrogen functional groups attached to an aromatic ring is 3. The summed E-state index contributed by atoms with van der Waals surface area (Å²) in [6.45, 7) is 0. The molecule has 0 fully saturated rings. The second kappa shape index (κ2) is 17.1. The fourth-order valence-electron chi connectivity index (χ4n) is 4.82. The summed E-state index contributed by atoms with van der Waals surface area (Å²) >= 11 is 0. The number of benzene rings is 4. The van der Waals surface area contributed by atoms with Gasteiger partial charge in [0.15, 0.2) is 11.6 Å². The molecule has 6 aromatic rings. The average molecular weight is 770 g/mol. The number of para-hydroxylation sites is 2. The van der Waals surface area contributed by atoms with Crippen molar-refractivity contribution in [2.45, 2.75) is 9.79 Å². The van der Waals surface area contributed by atoms with Gasteiger partial charge in [-0.3, -0.25) is 0 Å². The number of rotatable bonds is 10. The van der Waals surface area contributed by atoms with E-state index >= 15 is 0 Å². The zero-order chi connectivity index (χ0) is 36.3. The maximum Gasteiger partial charge on any atom is 1.00 e. The van der Waals surface area contributed by atoms with Gasteiger partial charge >= 0.3 is 59.1 Å². The minimum Gasteiger partial charge on any atom is -0.744 e. The third-order valence-electron chi connectivity index (χ3n) is 7.04. The maximum atomic E-state index is 12.5. The predicted molar refractivity (Wildman–Crippen MR) is 188 cm³/mol. The quantitative estimate of drug-likeness (QED) is 0.0420. The molecule has 2 heterocycles. The second-order valence-corrected chi connectivity index (χ2v) is 13.3. The number of hydrogen-bond donors (Lipinski definition) is 5. The first-order chi connectivity index (χ1) is 24.2. The molecule has 0 bridgehead atoms. The molecular weight excluding hydrogens is 745 g/mol. The Balaban J connectivity index is 0.00000314. The summed E-state index contributed by atoms with van der Waals surface area (Å²) in [7, 11) is -10.3. The van der Waals surface area contributed by atoms with Crippen LogP contribution in [0.3, 0.4) is 0 Å². The number of nitrogens with one attached hydrogen (secondary N) is 2. The van der Waals surface area contributed by atoms with Gasteiger partial charge in [0.25, 0.3) is 0 Å². The van der Waals surface area contributed by atoms with Gasteiger partial charge in [0.2, 0.25) is 23.8 Å². The van der Waals surface area contributed by atoms with E-state index in [1.807, 2.05) is 12.1 Å². The second-order valence-electron chi connectivity index (χ2n) is 10.6. The van der Waals surface area contributed by atoms with Gasteiger partial charge in [0.1, 0.15) is 20.2 Å². The Morgan fingerprint density at radius 3 is 1.51 bits per heavy atom. The minimum absolute atomic E-state index is 0. The maximum absolute atomic E-state index is 12.5. The Labute approximate surface area is 347 Å². The number of aromatic nitrogens is 6. The van der Waals surface area contributed by atoms with Gasteiger partial charge in [-0.25, -0.2) is 16.8 Å². The third kappa shape index (κ3) is 10.3. The standard InChI is InChI=1S/C32H27N11O6S2.2Na/c33-24-15-20(28-39-30(35)43-32(41-28)37-22-9-5-2-6-10-22)17-26(51(47,48)49)23(24)14-13-18-11-12-19(16-25(18)50(44,45)46)27-38-29(34)42-31(40-27)36-21-7-3-1-4-8-21;;/h1-17H,33H2,(H,44,45,46)(H,47,48,49)(H3,34,36,38,40,42)(H3,35,37,39,41,43);;/q;2*+1/p-2. The minimum atomic E-state index is -5.19. The van der Waals surface area contributed by atoms with Crippen LogP contribution in [0.25, 0.3) is 34.9 Å². The Morgan fingerprint density at radius 2 is 1.02 bits per heavy atom. The van der Waals surface area contributed by atoms with Gasteiger partial charge in [-0.15, -0.1) is 0 Å². The van der Waals surface area contributed by atoms with E-state index in [0.29, 0.717) is 11.4 Å². The van der Waals surface area contributed by atoms with Crippen molar-refractivity contribution in [3.8, 4) is 22.8 Å². The Morgan fingerprint density at radius 1 is 0.547 bits per heavy atom. The number of nitrogens with two attached hydrogens (primary N) is 3. The summed E-state index contributed by atoms with van der Waals surface area (Å²) in [5.41, 5.74) is 18.7. The van der Waals surface area contributed by atoms with E-state index in [1.54, 1.807) is 48.5 Å². The molecule has 258 valence electrons. The molecule has 2 aromatic heterocycles. The Kier molecular flexibility index (Phi) is 13.3. The van der Waals surface area contributed by atoms with E-state index < -0.39 is 30.0 Å². The van der Waals surface area contributed by atoms with Gasteiger partial charge in [-0.1, -0.05) is 60.7 Å². The van der Waals surface area contributed by atoms with Gasteiger partial charge in [-0.2, -0.15) is 29.9 Å². The van der Waals surface area contributed by atoms with E-state index in [0.717, 1.165) is 24.3 Å². The fraction of sp³-hybridized carbons (Fsp3) is 0. The molecule has 0 spiro atoms. The van der Waals surface area contributed by atoms with Crippen molar-refractivity contribution in [1.29, 1.82) is 0 Å². The Hall–Kier alpha value is -4.54. The Bertz CT molecular complexity index is 2530. The molecule has 0 amide bonds. The first-order valence-electron chi connectivity index (χ1n) is 14.6. The van der Waals surface area contributed by atoms with Crippen LogP contribution < -0.4 is 86.9 Å². The van der Waals surface area contributed by atoms with E-state index in [-0.39, 0.29) is 122 Å². The zero-order valence-corrected chi connectivity index (χ0v) is 33.6. The van der Waals surface area contributed by atoms with E-state index in [9.17, 15) is 25.9 Å². The van der Waals surface area contributed by atoms with Crippen LogP contribution in [0, 0.1) is 0 Å². The van der Waals surface area contributed by atoms with Crippen LogP contribution in [0.2, 0.25) is 0 Å². The van der Waals surface area contributed by atoms with E-state index in [4.69, 9.17) is 17.2 Å². The van der Waals surface area contributed by atoms with Crippen LogP contribution >= 0.6 is 0 Å². The molecule has 8 N–H and O–H groups in total. The molecule has 6 rings (SSSR count). The summed E-state index contributed by atoms with van der Waals surface area (Å²) in [4.78, 5) is 23.3. The first-order valence-corrected chi connectivity index (χ1v) is 17.4. The van der Waals surface area contributed by atoms with Crippen molar-refractivity contribution < 1.29 is 85.1 Å². The number of anilines is 7. The normalized spacial score (nSPS) is 11.4. The van der Waals surface area contributed by atoms with E-state index in [2.05, 4.69) is 40.5 Å². The van der Waals surface area contributed by atoms with Crippen molar-refractivity contribution >= 4 is 73.2 Å². The van der Waals surface area contributed by atoms with Crippen molar-refractivity contribution in [2.75, 3.05) is 27.8 Å². The summed E-state index contributed by atoms with van der Waals surface area (Å²) in [5, 5.41) is 5.91. The molecular formula is C32H25N11Na2O6S2. The molecule has 4 aromatic carbocycles. The largest absolute Gasteiger partial charge is 1.00 e. The molecule has 0 atom stereocenters. The predicted octanol–water partition coefficient (Wildman–Crippen LogP) is -2.39. The van der Waals surface area contributed by atoms with Crippen molar-refractivity contribution in [1.82, 2.24) is 29.9 Å². The van der Waals surface area contributed by atoms with Gasteiger partial charge < -0.3 is 36.9 Å². The smallest absolute Gasteiger partial charge is 0.744 e. The molecule has 21 heteroatoms. The first kappa shape index (κ1) is 41.2.